The first-order chi connectivity index (χ1) is 18.1. The van der Waals surface area contributed by atoms with Gasteiger partial charge in [-0.1, -0.05) is 30.3 Å². The summed E-state index contributed by atoms with van der Waals surface area (Å²) in [4.78, 5) is 18.1. The van der Waals surface area contributed by atoms with Crippen LogP contribution in [0.25, 0.3) is 11.3 Å². The fourth-order valence-electron chi connectivity index (χ4n) is 4.99. The van der Waals surface area contributed by atoms with E-state index in [0.29, 0.717) is 49.5 Å². The van der Waals surface area contributed by atoms with E-state index in [2.05, 4.69) is 30.6 Å². The number of phenols is 1. The number of hydrogen-bond acceptors (Lipinski definition) is 8. The number of carbonyl (C=O) groups excluding carboxylic acids is 1. The number of piperazine rings is 1. The first-order valence-corrected chi connectivity index (χ1v) is 12.9. The highest BCUT2D eigenvalue weighted by Gasteiger charge is 2.44. The highest BCUT2D eigenvalue weighted by molar-refractivity contribution is 5.86. The molecule has 9 heteroatoms. The topological polar surface area (TPSA) is 103 Å². The van der Waals surface area contributed by atoms with E-state index >= 15 is 0 Å². The van der Waals surface area contributed by atoms with E-state index in [0.717, 1.165) is 38.4 Å². The molecule has 0 unspecified atom stereocenters. The number of aromatic nitrogens is 2. The molecular formula is C28H34N6O3. The number of rotatable bonds is 8. The molecular weight excluding hydrogens is 468 g/mol. The Bertz CT molecular complexity index is 1180. The van der Waals surface area contributed by atoms with Crippen molar-refractivity contribution in [3.8, 4) is 22.8 Å². The highest BCUT2D eigenvalue weighted by atomic mass is 16.5. The molecule has 1 aromatic heterocycles. The molecule has 2 saturated heterocycles. The molecule has 2 fully saturated rings. The van der Waals surface area contributed by atoms with Crippen LogP contribution in [0.15, 0.2) is 66.9 Å². The maximum absolute atomic E-state index is 13.6. The molecule has 37 heavy (non-hydrogen) atoms. The lowest BCUT2D eigenvalue weighted by Gasteiger charge is -2.41. The third kappa shape index (κ3) is 6.00. The summed E-state index contributed by atoms with van der Waals surface area (Å²) in [5, 5.41) is 25.2. The molecule has 3 heterocycles. The van der Waals surface area contributed by atoms with Crippen molar-refractivity contribution in [2.24, 2.45) is 0 Å². The van der Waals surface area contributed by atoms with Gasteiger partial charge in [0.25, 0.3) is 5.91 Å². The summed E-state index contributed by atoms with van der Waals surface area (Å²) < 4.78 is 6.42. The van der Waals surface area contributed by atoms with Gasteiger partial charge in [0.1, 0.15) is 11.5 Å². The van der Waals surface area contributed by atoms with Crippen molar-refractivity contribution in [2.45, 2.75) is 18.4 Å². The number of piperidine rings is 1. The van der Waals surface area contributed by atoms with Crippen LogP contribution >= 0.6 is 0 Å². The van der Waals surface area contributed by atoms with Crippen molar-refractivity contribution in [3.63, 3.8) is 0 Å². The minimum absolute atomic E-state index is 0.0612. The molecule has 5 rings (SSSR count). The molecule has 1 amide bonds. The van der Waals surface area contributed by atoms with Gasteiger partial charge in [-0.3, -0.25) is 9.69 Å². The van der Waals surface area contributed by atoms with Gasteiger partial charge >= 0.3 is 0 Å². The first-order valence-electron chi connectivity index (χ1n) is 12.9. The maximum Gasteiger partial charge on any atom is 0.264 e. The van der Waals surface area contributed by atoms with E-state index in [1.54, 1.807) is 18.3 Å². The Morgan fingerprint density at radius 2 is 1.76 bits per heavy atom. The number of nitrogens with one attached hydrogen (secondary N) is 2. The Morgan fingerprint density at radius 3 is 2.51 bits per heavy atom. The zero-order valence-corrected chi connectivity index (χ0v) is 21.0. The van der Waals surface area contributed by atoms with Crippen LogP contribution in [0.4, 0.5) is 5.69 Å². The summed E-state index contributed by atoms with van der Waals surface area (Å²) in [6, 6.07) is 18.6. The summed E-state index contributed by atoms with van der Waals surface area (Å²) in [5.41, 5.74) is 1.21. The lowest BCUT2D eigenvalue weighted by molar-refractivity contribution is -0.138. The Hall–Kier alpha value is -3.69. The Kier molecular flexibility index (Phi) is 7.82. The summed E-state index contributed by atoms with van der Waals surface area (Å²) in [6.45, 7) is 6.66. The molecule has 2 aliphatic rings. The van der Waals surface area contributed by atoms with Gasteiger partial charge in [0.05, 0.1) is 17.6 Å². The monoisotopic (exact) mass is 502 g/mol. The van der Waals surface area contributed by atoms with Crippen molar-refractivity contribution in [3.05, 3.63) is 66.9 Å². The summed E-state index contributed by atoms with van der Waals surface area (Å²) in [7, 11) is 0. The molecule has 194 valence electrons. The van der Waals surface area contributed by atoms with E-state index < -0.39 is 5.60 Å². The standard InChI is InChI=1S/C28H34N6O3/c35-26-9-5-4-8-24(26)25-20-22(21-31-32-25)34-15-10-28(11-16-34,37-23-6-2-1-3-7-23)27(36)30-14-19-33-17-12-29-13-18-33/h1-9,20-21,29,35H,10-19H2,(H,30,36). The lowest BCUT2D eigenvalue weighted by Crippen LogP contribution is -2.58. The van der Waals surface area contributed by atoms with Crippen LogP contribution in [0.3, 0.4) is 0 Å². The van der Waals surface area contributed by atoms with Gasteiger partial charge in [-0.15, -0.1) is 0 Å². The second-order valence-corrected chi connectivity index (χ2v) is 9.56. The van der Waals surface area contributed by atoms with Gasteiger partial charge in [0.2, 0.25) is 0 Å². The fourth-order valence-corrected chi connectivity index (χ4v) is 4.99. The van der Waals surface area contributed by atoms with Crippen molar-refractivity contribution in [2.75, 3.05) is 57.3 Å². The van der Waals surface area contributed by atoms with E-state index in [1.807, 2.05) is 48.5 Å². The zero-order chi connectivity index (χ0) is 25.5. The predicted octanol–water partition coefficient (Wildman–Crippen LogP) is 2.29. The zero-order valence-electron chi connectivity index (χ0n) is 21.0. The number of phenolic OH excluding ortho intramolecular Hbond substituents is 1. The normalized spacial score (nSPS) is 17.8. The molecule has 3 N–H and O–H groups in total. The van der Waals surface area contributed by atoms with E-state index in [4.69, 9.17) is 4.74 Å². The van der Waals surface area contributed by atoms with Crippen LogP contribution in [-0.2, 0) is 4.79 Å². The molecule has 0 radical (unpaired) electrons. The van der Waals surface area contributed by atoms with Crippen molar-refractivity contribution < 1.29 is 14.6 Å². The Morgan fingerprint density at radius 1 is 1.03 bits per heavy atom. The van der Waals surface area contributed by atoms with Crippen LogP contribution in [0.2, 0.25) is 0 Å². The highest BCUT2D eigenvalue weighted by Crippen LogP contribution is 2.33. The largest absolute Gasteiger partial charge is 0.507 e. The quantitative estimate of drug-likeness (QED) is 0.431. The molecule has 0 aliphatic carbocycles. The summed E-state index contributed by atoms with van der Waals surface area (Å²) in [5.74, 6) is 0.801. The van der Waals surface area contributed by atoms with Crippen molar-refractivity contribution in [1.82, 2.24) is 25.7 Å². The number of carbonyl (C=O) groups is 1. The van der Waals surface area contributed by atoms with Crippen LogP contribution in [0.5, 0.6) is 11.5 Å². The predicted molar refractivity (Wildman–Crippen MR) is 143 cm³/mol. The molecule has 0 saturated carbocycles. The third-order valence-corrected chi connectivity index (χ3v) is 7.15. The van der Waals surface area contributed by atoms with Gasteiger partial charge in [-0.05, 0) is 30.3 Å². The molecule has 9 nitrogen and oxygen atoms in total. The van der Waals surface area contributed by atoms with E-state index in [9.17, 15) is 9.90 Å². The average molecular weight is 503 g/mol. The molecule has 0 bridgehead atoms. The van der Waals surface area contributed by atoms with Crippen LogP contribution in [0, 0.1) is 0 Å². The minimum atomic E-state index is -0.942. The second kappa shape index (κ2) is 11.6. The van der Waals surface area contributed by atoms with Gasteiger partial charge in [-0.2, -0.15) is 10.2 Å². The molecule has 2 aliphatic heterocycles. The van der Waals surface area contributed by atoms with Gasteiger partial charge in [-0.25, -0.2) is 0 Å². The first kappa shape index (κ1) is 25.0. The van der Waals surface area contributed by atoms with Crippen molar-refractivity contribution >= 4 is 11.6 Å². The maximum atomic E-state index is 13.6. The van der Waals surface area contributed by atoms with Gasteiger partial charge in [0, 0.05) is 70.8 Å². The Labute approximate surface area is 217 Å². The number of aromatic hydroxyl groups is 1. The van der Waals surface area contributed by atoms with Crippen LogP contribution < -0.4 is 20.3 Å². The number of benzene rings is 2. The average Bonchev–Trinajstić information content (AvgIpc) is 2.95. The number of para-hydroxylation sites is 2. The molecule has 0 atom stereocenters. The fraction of sp³-hybridized carbons (Fsp3) is 0.393. The third-order valence-electron chi connectivity index (χ3n) is 7.15. The van der Waals surface area contributed by atoms with Gasteiger partial charge < -0.3 is 25.4 Å². The number of nitrogens with zero attached hydrogens (tertiary/aromatic N) is 4. The van der Waals surface area contributed by atoms with Crippen molar-refractivity contribution in [1.29, 1.82) is 0 Å². The Balaban J connectivity index is 1.28. The second-order valence-electron chi connectivity index (χ2n) is 9.56. The van der Waals surface area contributed by atoms with Crippen LogP contribution in [0.1, 0.15) is 12.8 Å². The lowest BCUT2D eigenvalue weighted by atomic mass is 9.89. The number of ether oxygens (including phenoxy) is 1. The molecule has 2 aromatic carbocycles. The smallest absolute Gasteiger partial charge is 0.264 e. The minimum Gasteiger partial charge on any atom is -0.507 e. The number of anilines is 1. The number of hydrogen-bond donors (Lipinski definition) is 3. The molecule has 0 spiro atoms. The summed E-state index contributed by atoms with van der Waals surface area (Å²) in [6.07, 6.45) is 2.80. The number of amides is 1. The molecule has 3 aromatic rings. The van der Waals surface area contributed by atoms with Gasteiger partial charge in [0.15, 0.2) is 5.60 Å². The SMILES string of the molecule is O=C(NCCN1CCNCC1)C1(Oc2ccccc2)CCN(c2cnnc(-c3ccccc3O)c2)CC1. The van der Waals surface area contributed by atoms with Crippen LogP contribution in [-0.4, -0.2) is 84.1 Å². The van der Waals surface area contributed by atoms with E-state index in [1.165, 1.54) is 0 Å². The summed E-state index contributed by atoms with van der Waals surface area (Å²) >= 11 is 0. The van der Waals surface area contributed by atoms with E-state index in [-0.39, 0.29) is 11.7 Å².